The molecule has 0 saturated carbocycles. The molecule has 1 unspecified atom stereocenters. The van der Waals surface area contributed by atoms with E-state index in [1.54, 1.807) is 6.92 Å². The quantitative estimate of drug-likeness (QED) is 0.844. The van der Waals surface area contributed by atoms with Gasteiger partial charge in [0.15, 0.2) is 0 Å². The second kappa shape index (κ2) is 6.55. The maximum absolute atomic E-state index is 12.8. The van der Waals surface area contributed by atoms with Crippen LogP contribution in [0.1, 0.15) is 45.2 Å². The molecule has 1 aliphatic heterocycles. The summed E-state index contributed by atoms with van der Waals surface area (Å²) in [6, 6.07) is 7.66. The summed E-state index contributed by atoms with van der Waals surface area (Å²) in [5.74, 6) is -0.172. The second-order valence-electron chi connectivity index (χ2n) is 8.00. The van der Waals surface area contributed by atoms with Gasteiger partial charge in [-0.2, -0.15) is 0 Å². The minimum atomic E-state index is -0.981. The number of hydrogen-bond acceptors (Lipinski definition) is 3. The Hall–Kier alpha value is -1.88. The summed E-state index contributed by atoms with van der Waals surface area (Å²) in [7, 11) is 3.96. The van der Waals surface area contributed by atoms with Gasteiger partial charge >= 0.3 is 6.03 Å². The fourth-order valence-corrected chi connectivity index (χ4v) is 2.94. The molecule has 1 aromatic carbocycles. The van der Waals surface area contributed by atoms with Crippen molar-refractivity contribution in [3.05, 3.63) is 35.4 Å². The number of nitrogens with zero attached hydrogens (tertiary/aromatic N) is 2. The highest BCUT2D eigenvalue weighted by atomic mass is 16.2. The molecule has 1 atom stereocenters. The smallest absolute Gasteiger partial charge is 0.319 e. The van der Waals surface area contributed by atoms with Crippen LogP contribution >= 0.6 is 0 Å². The van der Waals surface area contributed by atoms with Crippen molar-refractivity contribution in [3.8, 4) is 0 Å². The Morgan fingerprint density at radius 2 is 1.71 bits per heavy atom. The minimum absolute atomic E-state index is 0.0561. The first-order valence-corrected chi connectivity index (χ1v) is 8.45. The van der Waals surface area contributed by atoms with Crippen molar-refractivity contribution >= 4 is 11.9 Å². The van der Waals surface area contributed by atoms with Crippen LogP contribution in [0.3, 0.4) is 0 Å². The Morgan fingerprint density at radius 3 is 2.21 bits per heavy atom. The number of nitrogens with one attached hydrogen (secondary N) is 1. The fraction of sp³-hybridized carbons (Fsp3) is 0.579. The number of hydrogen-bond donors (Lipinski definition) is 1. The Morgan fingerprint density at radius 1 is 1.12 bits per heavy atom. The molecular formula is C19H29N3O2. The summed E-state index contributed by atoms with van der Waals surface area (Å²) >= 11 is 0. The van der Waals surface area contributed by atoms with E-state index < -0.39 is 5.54 Å². The van der Waals surface area contributed by atoms with E-state index in [9.17, 15) is 9.59 Å². The Kier molecular flexibility index (Phi) is 5.04. The summed E-state index contributed by atoms with van der Waals surface area (Å²) in [4.78, 5) is 28.5. The third-order valence-electron chi connectivity index (χ3n) is 4.59. The van der Waals surface area contributed by atoms with Crippen molar-refractivity contribution in [2.45, 2.75) is 45.1 Å². The molecule has 24 heavy (non-hydrogen) atoms. The summed E-state index contributed by atoms with van der Waals surface area (Å²) < 4.78 is 0. The lowest BCUT2D eigenvalue weighted by molar-refractivity contribution is -0.131. The van der Waals surface area contributed by atoms with E-state index in [0.29, 0.717) is 6.54 Å². The predicted octanol–water partition coefficient (Wildman–Crippen LogP) is 2.70. The third kappa shape index (κ3) is 3.61. The van der Waals surface area contributed by atoms with Crippen molar-refractivity contribution < 1.29 is 9.59 Å². The highest BCUT2D eigenvalue weighted by Gasteiger charge is 2.48. The van der Waals surface area contributed by atoms with Gasteiger partial charge in [0.05, 0.1) is 0 Å². The lowest BCUT2D eigenvalue weighted by Crippen LogP contribution is -2.41. The maximum atomic E-state index is 12.8. The van der Waals surface area contributed by atoms with Crippen LogP contribution in [-0.2, 0) is 15.7 Å². The van der Waals surface area contributed by atoms with Crippen molar-refractivity contribution in [1.82, 2.24) is 15.1 Å². The number of rotatable bonds is 5. The van der Waals surface area contributed by atoms with Crippen molar-refractivity contribution in [2.75, 3.05) is 27.2 Å². The monoisotopic (exact) mass is 331 g/mol. The number of benzene rings is 1. The van der Waals surface area contributed by atoms with Crippen molar-refractivity contribution in [2.24, 2.45) is 0 Å². The number of carbonyl (C=O) groups excluding carboxylic acids is 2. The van der Waals surface area contributed by atoms with Crippen LogP contribution < -0.4 is 5.32 Å². The van der Waals surface area contributed by atoms with E-state index in [2.05, 4.69) is 26.1 Å². The lowest BCUT2D eigenvalue weighted by atomic mass is 9.84. The number of imide groups is 1. The van der Waals surface area contributed by atoms with Gasteiger partial charge in [-0.25, -0.2) is 4.79 Å². The number of urea groups is 1. The minimum Gasteiger partial charge on any atom is -0.319 e. The molecule has 1 saturated heterocycles. The van der Waals surface area contributed by atoms with E-state index in [4.69, 9.17) is 0 Å². The molecule has 0 aliphatic carbocycles. The molecule has 0 spiro atoms. The molecule has 0 radical (unpaired) electrons. The first-order valence-electron chi connectivity index (χ1n) is 8.45. The average Bonchev–Trinajstić information content (AvgIpc) is 2.70. The largest absolute Gasteiger partial charge is 0.325 e. The molecule has 132 valence electrons. The zero-order valence-corrected chi connectivity index (χ0v) is 15.6. The Balaban J connectivity index is 2.18. The molecule has 5 nitrogen and oxygen atoms in total. The Labute approximate surface area is 145 Å². The summed E-state index contributed by atoms with van der Waals surface area (Å²) in [5, 5.41) is 2.87. The molecular weight excluding hydrogens is 302 g/mol. The van der Waals surface area contributed by atoms with Crippen LogP contribution in [-0.4, -0.2) is 48.9 Å². The van der Waals surface area contributed by atoms with Crippen molar-refractivity contribution in [1.29, 1.82) is 0 Å². The van der Waals surface area contributed by atoms with Gasteiger partial charge in [0, 0.05) is 6.54 Å². The number of carbonyl (C=O) groups is 2. The zero-order valence-electron chi connectivity index (χ0n) is 15.6. The van der Waals surface area contributed by atoms with E-state index in [-0.39, 0.29) is 17.4 Å². The molecule has 3 amide bonds. The van der Waals surface area contributed by atoms with Gasteiger partial charge in [0.2, 0.25) is 0 Å². The highest BCUT2D eigenvalue weighted by Crippen LogP contribution is 2.31. The molecule has 1 N–H and O–H groups in total. The molecule has 2 rings (SSSR count). The zero-order chi connectivity index (χ0) is 18.1. The molecule has 0 bridgehead atoms. The van der Waals surface area contributed by atoms with Gasteiger partial charge in [-0.3, -0.25) is 9.69 Å². The average molecular weight is 331 g/mol. The highest BCUT2D eigenvalue weighted by molar-refractivity contribution is 6.07. The van der Waals surface area contributed by atoms with Crippen LogP contribution in [0.2, 0.25) is 0 Å². The molecule has 0 aromatic heterocycles. The summed E-state index contributed by atoms with van der Waals surface area (Å²) in [6.07, 6.45) is 0.769. The third-order valence-corrected chi connectivity index (χ3v) is 4.59. The first-order chi connectivity index (χ1) is 11.1. The van der Waals surface area contributed by atoms with Gasteiger partial charge in [-0.1, -0.05) is 45.0 Å². The van der Waals surface area contributed by atoms with Crippen LogP contribution in [0.15, 0.2) is 24.3 Å². The molecule has 1 aromatic rings. The van der Waals surface area contributed by atoms with Crippen LogP contribution in [0.5, 0.6) is 0 Å². The lowest BCUT2D eigenvalue weighted by Gasteiger charge is -2.24. The van der Waals surface area contributed by atoms with Gasteiger partial charge in [-0.05, 0) is 50.5 Å². The second-order valence-corrected chi connectivity index (χ2v) is 8.00. The molecule has 1 aliphatic rings. The number of amides is 3. The van der Waals surface area contributed by atoms with Gasteiger partial charge in [0.1, 0.15) is 5.54 Å². The molecule has 1 fully saturated rings. The van der Waals surface area contributed by atoms with Crippen LogP contribution in [0.25, 0.3) is 0 Å². The SMILES string of the molecule is CN(C)CCCN1C(=O)NC(C)(c2ccc(C(C)(C)C)cc2)C1=O. The van der Waals surface area contributed by atoms with Crippen LogP contribution in [0.4, 0.5) is 4.79 Å². The Bertz CT molecular complexity index is 616. The maximum Gasteiger partial charge on any atom is 0.325 e. The van der Waals surface area contributed by atoms with Gasteiger partial charge in [0.25, 0.3) is 5.91 Å². The van der Waals surface area contributed by atoms with Gasteiger partial charge < -0.3 is 10.2 Å². The topological polar surface area (TPSA) is 52.6 Å². The van der Waals surface area contributed by atoms with Gasteiger partial charge in [-0.15, -0.1) is 0 Å². The predicted molar refractivity (Wildman–Crippen MR) is 95.9 cm³/mol. The molecule has 1 heterocycles. The summed E-state index contributed by atoms with van der Waals surface area (Å²) in [6.45, 7) is 9.52. The van der Waals surface area contributed by atoms with Crippen LogP contribution in [0, 0.1) is 0 Å². The van der Waals surface area contributed by atoms with E-state index in [0.717, 1.165) is 18.5 Å². The van der Waals surface area contributed by atoms with E-state index in [1.165, 1.54) is 10.5 Å². The fourth-order valence-electron chi connectivity index (χ4n) is 2.94. The standard InChI is InChI=1S/C19H29N3O2/c1-18(2,3)14-8-10-15(11-9-14)19(4)16(23)22(17(24)20-19)13-7-12-21(5)6/h8-11H,7,12-13H2,1-6H3,(H,20,24). The van der Waals surface area contributed by atoms with E-state index >= 15 is 0 Å². The van der Waals surface area contributed by atoms with E-state index in [1.807, 2.05) is 43.3 Å². The molecule has 5 heteroatoms. The van der Waals surface area contributed by atoms with Crippen molar-refractivity contribution in [3.63, 3.8) is 0 Å². The summed E-state index contributed by atoms with van der Waals surface area (Å²) in [5.41, 5.74) is 1.10. The normalized spacial score (nSPS) is 21.5. The first kappa shape index (κ1) is 18.5.